The monoisotopic (exact) mass is 325 g/mol. The molecule has 115 valence electrons. The van der Waals surface area contributed by atoms with E-state index in [1.54, 1.807) is 12.1 Å². The van der Waals surface area contributed by atoms with Crippen molar-refractivity contribution < 1.29 is 5.11 Å². The van der Waals surface area contributed by atoms with Gasteiger partial charge in [0.2, 0.25) is 0 Å². The van der Waals surface area contributed by atoms with Crippen LogP contribution in [-0.2, 0) is 0 Å². The molecule has 4 aromatic carbocycles. The predicted octanol–water partition coefficient (Wildman–Crippen LogP) is 3.06. The zero-order valence-corrected chi connectivity index (χ0v) is 14.2. The van der Waals surface area contributed by atoms with Gasteiger partial charge in [-0.3, -0.25) is 0 Å². The highest BCUT2D eigenvalue weighted by molar-refractivity contribution is 6.96. The molecular formula is C22H17OSi. The normalized spacial score (nSPS) is 11.0. The third-order valence-electron chi connectivity index (χ3n) is 4.28. The first-order valence-electron chi connectivity index (χ1n) is 8.03. The fourth-order valence-electron chi connectivity index (χ4n) is 3.15. The molecule has 0 unspecified atom stereocenters. The Labute approximate surface area is 143 Å². The predicted molar refractivity (Wildman–Crippen MR) is 103 cm³/mol. The van der Waals surface area contributed by atoms with Crippen molar-refractivity contribution in [2.45, 2.75) is 0 Å². The van der Waals surface area contributed by atoms with Crippen LogP contribution < -0.4 is 15.6 Å². The maximum Gasteiger partial charge on any atom is 0.155 e. The standard InChI is InChI=1S/C22H17OSi/c23-18-13-15-20(16-14-18)24(19-9-2-1-3-10-19)22-12-6-8-17-7-4-5-11-21(17)22/h1-16,23H. The van der Waals surface area contributed by atoms with E-state index in [-0.39, 0.29) is 0 Å². The van der Waals surface area contributed by atoms with Gasteiger partial charge in [-0.25, -0.2) is 0 Å². The van der Waals surface area contributed by atoms with E-state index in [1.807, 2.05) is 0 Å². The van der Waals surface area contributed by atoms with Crippen LogP contribution in [0, 0.1) is 0 Å². The second-order valence-electron chi connectivity index (χ2n) is 5.81. The fraction of sp³-hybridized carbons (Fsp3) is 0. The topological polar surface area (TPSA) is 20.2 Å². The molecule has 0 heterocycles. The smallest absolute Gasteiger partial charge is 0.155 e. The highest BCUT2D eigenvalue weighted by atomic mass is 28.3. The molecule has 0 aliphatic heterocycles. The molecule has 0 bridgehead atoms. The second kappa shape index (κ2) is 6.34. The van der Waals surface area contributed by atoms with Gasteiger partial charge in [-0.1, -0.05) is 95.3 Å². The molecule has 0 aromatic heterocycles. The van der Waals surface area contributed by atoms with Crippen LogP contribution in [0.1, 0.15) is 0 Å². The van der Waals surface area contributed by atoms with Gasteiger partial charge in [-0.15, -0.1) is 0 Å². The Bertz CT molecular complexity index is 957. The third kappa shape index (κ3) is 2.72. The minimum Gasteiger partial charge on any atom is -0.508 e. The summed E-state index contributed by atoms with van der Waals surface area (Å²) in [6, 6.07) is 33.5. The van der Waals surface area contributed by atoms with Crippen molar-refractivity contribution in [3.8, 4) is 5.75 Å². The summed E-state index contributed by atoms with van der Waals surface area (Å²) in [5, 5.41) is 16.3. The molecule has 0 aliphatic carbocycles. The van der Waals surface area contributed by atoms with Gasteiger partial charge < -0.3 is 5.11 Å². The van der Waals surface area contributed by atoms with Gasteiger partial charge >= 0.3 is 0 Å². The Kier molecular flexibility index (Phi) is 3.89. The molecule has 0 aliphatic rings. The summed E-state index contributed by atoms with van der Waals surface area (Å²) in [4.78, 5) is 0. The van der Waals surface area contributed by atoms with E-state index in [0.29, 0.717) is 5.75 Å². The van der Waals surface area contributed by atoms with E-state index in [1.165, 1.54) is 26.3 Å². The minimum atomic E-state index is -1.13. The lowest BCUT2D eigenvalue weighted by molar-refractivity contribution is 0.475. The van der Waals surface area contributed by atoms with Crippen LogP contribution in [0.25, 0.3) is 10.8 Å². The summed E-state index contributed by atoms with van der Waals surface area (Å²) in [5.74, 6) is 0.311. The molecule has 1 radical (unpaired) electrons. The van der Waals surface area contributed by atoms with Crippen molar-refractivity contribution in [3.63, 3.8) is 0 Å². The van der Waals surface area contributed by atoms with Crippen molar-refractivity contribution in [1.29, 1.82) is 0 Å². The highest BCUT2D eigenvalue weighted by Gasteiger charge is 2.21. The van der Waals surface area contributed by atoms with Crippen LogP contribution >= 0.6 is 0 Å². The fourth-order valence-corrected chi connectivity index (χ4v) is 5.90. The molecule has 0 saturated carbocycles. The maximum atomic E-state index is 9.66. The summed E-state index contributed by atoms with van der Waals surface area (Å²) in [5.41, 5.74) is 0. The van der Waals surface area contributed by atoms with E-state index < -0.39 is 8.80 Å². The molecule has 4 aromatic rings. The van der Waals surface area contributed by atoms with Gasteiger partial charge in [-0.2, -0.15) is 0 Å². The Morgan fingerprint density at radius 2 is 1.17 bits per heavy atom. The molecule has 2 heteroatoms. The summed E-state index contributed by atoms with van der Waals surface area (Å²) in [6.07, 6.45) is 0. The summed E-state index contributed by atoms with van der Waals surface area (Å²) in [7, 11) is -1.13. The Morgan fingerprint density at radius 1 is 0.542 bits per heavy atom. The molecule has 1 N–H and O–H groups in total. The van der Waals surface area contributed by atoms with Crippen LogP contribution in [0.2, 0.25) is 0 Å². The summed E-state index contributed by atoms with van der Waals surface area (Å²) < 4.78 is 0. The number of hydrogen-bond acceptors (Lipinski definition) is 1. The zero-order chi connectivity index (χ0) is 16.4. The van der Waals surface area contributed by atoms with Crippen molar-refractivity contribution in [1.82, 2.24) is 0 Å². The number of benzene rings is 4. The number of fused-ring (bicyclic) bond motifs is 1. The van der Waals surface area contributed by atoms with Crippen LogP contribution in [0.5, 0.6) is 5.75 Å². The molecule has 0 fully saturated rings. The molecule has 0 saturated heterocycles. The van der Waals surface area contributed by atoms with Crippen molar-refractivity contribution in [2.75, 3.05) is 0 Å². The first-order chi connectivity index (χ1) is 11.8. The lowest BCUT2D eigenvalue weighted by Crippen LogP contribution is -2.52. The Balaban J connectivity index is 1.97. The second-order valence-corrected chi connectivity index (χ2v) is 8.26. The van der Waals surface area contributed by atoms with Gasteiger partial charge in [0.05, 0.1) is 0 Å². The number of phenols is 1. The van der Waals surface area contributed by atoms with Gasteiger partial charge in [-0.05, 0) is 28.1 Å². The molecular weight excluding hydrogens is 308 g/mol. The Morgan fingerprint density at radius 3 is 1.96 bits per heavy atom. The van der Waals surface area contributed by atoms with E-state index >= 15 is 0 Å². The summed E-state index contributed by atoms with van der Waals surface area (Å²) in [6.45, 7) is 0. The maximum absolute atomic E-state index is 9.66. The van der Waals surface area contributed by atoms with Gasteiger partial charge in [0.15, 0.2) is 8.80 Å². The van der Waals surface area contributed by atoms with Crippen LogP contribution in [0.15, 0.2) is 97.1 Å². The van der Waals surface area contributed by atoms with E-state index in [0.717, 1.165) is 0 Å². The van der Waals surface area contributed by atoms with Gasteiger partial charge in [0.1, 0.15) is 5.75 Å². The molecule has 0 amide bonds. The number of hydrogen-bond donors (Lipinski definition) is 1. The van der Waals surface area contributed by atoms with Crippen LogP contribution in [-0.4, -0.2) is 13.9 Å². The SMILES string of the molecule is Oc1ccc([Si](c2ccccc2)c2cccc3ccccc23)cc1. The molecule has 24 heavy (non-hydrogen) atoms. The van der Waals surface area contributed by atoms with Crippen molar-refractivity contribution >= 4 is 35.1 Å². The first kappa shape index (κ1) is 14.7. The van der Waals surface area contributed by atoms with Crippen LogP contribution in [0.3, 0.4) is 0 Å². The van der Waals surface area contributed by atoms with E-state index in [4.69, 9.17) is 0 Å². The largest absolute Gasteiger partial charge is 0.508 e. The van der Waals surface area contributed by atoms with Crippen LogP contribution in [0.4, 0.5) is 0 Å². The highest BCUT2D eigenvalue weighted by Crippen LogP contribution is 2.13. The lowest BCUT2D eigenvalue weighted by Gasteiger charge is -2.18. The zero-order valence-electron chi connectivity index (χ0n) is 13.2. The number of aromatic hydroxyl groups is 1. The quantitative estimate of drug-likeness (QED) is 0.453. The van der Waals surface area contributed by atoms with E-state index in [9.17, 15) is 5.11 Å². The number of rotatable bonds is 3. The lowest BCUT2D eigenvalue weighted by atomic mass is 10.1. The number of phenolic OH excluding ortho intramolecular Hbond substituents is 1. The van der Waals surface area contributed by atoms with Crippen molar-refractivity contribution in [2.24, 2.45) is 0 Å². The molecule has 0 atom stereocenters. The summed E-state index contributed by atoms with van der Waals surface area (Å²) >= 11 is 0. The molecule has 4 rings (SSSR count). The minimum absolute atomic E-state index is 0.311. The Hall–Kier alpha value is -2.84. The van der Waals surface area contributed by atoms with E-state index in [2.05, 4.69) is 84.9 Å². The van der Waals surface area contributed by atoms with Gasteiger partial charge in [0, 0.05) is 0 Å². The first-order valence-corrected chi connectivity index (χ1v) is 9.53. The van der Waals surface area contributed by atoms with Gasteiger partial charge in [0.25, 0.3) is 0 Å². The molecule has 1 nitrogen and oxygen atoms in total. The molecule has 0 spiro atoms. The average molecular weight is 325 g/mol. The van der Waals surface area contributed by atoms with Crippen molar-refractivity contribution in [3.05, 3.63) is 97.1 Å². The average Bonchev–Trinajstić information content (AvgIpc) is 2.65. The third-order valence-corrected chi connectivity index (χ3v) is 7.07.